The second-order valence-electron chi connectivity index (χ2n) is 5.48. The van der Waals surface area contributed by atoms with Gasteiger partial charge in [-0.1, -0.05) is 43.0 Å². The van der Waals surface area contributed by atoms with Gasteiger partial charge in [-0.15, -0.1) is 0 Å². The Morgan fingerprint density at radius 2 is 1.95 bits per heavy atom. The average Bonchev–Trinajstić information content (AvgIpc) is 2.52. The first-order chi connectivity index (χ1) is 10.7. The minimum Gasteiger partial charge on any atom is -0.490 e. The number of ether oxygens (including phenoxy) is 1. The summed E-state index contributed by atoms with van der Waals surface area (Å²) in [6.07, 6.45) is 7.70. The highest BCUT2D eigenvalue weighted by atomic mass is 19.1. The lowest BCUT2D eigenvalue weighted by molar-refractivity contribution is 0.335. The number of unbranched alkanes of at least 4 members (excludes halogenated alkanes) is 1. The molecule has 2 rings (SSSR count). The van der Waals surface area contributed by atoms with Crippen molar-refractivity contribution in [1.82, 2.24) is 0 Å². The number of alkyl halides is 1. The maximum absolute atomic E-state index is 12.7. The Morgan fingerprint density at radius 3 is 2.73 bits per heavy atom. The van der Waals surface area contributed by atoms with Crippen LogP contribution in [-0.2, 0) is 0 Å². The molecule has 0 N–H and O–H groups in total. The molecule has 116 valence electrons. The summed E-state index contributed by atoms with van der Waals surface area (Å²) in [6, 6.07) is 12.4. The van der Waals surface area contributed by atoms with Crippen molar-refractivity contribution in [2.75, 3.05) is 6.61 Å². The molecular formula is C20H23FO. The topological polar surface area (TPSA) is 9.23 Å². The predicted molar refractivity (Wildman–Crippen MR) is 93.1 cm³/mol. The molecule has 0 fully saturated rings. The Bertz CT molecular complexity index is 643. The van der Waals surface area contributed by atoms with Gasteiger partial charge >= 0.3 is 0 Å². The third-order valence-corrected chi connectivity index (χ3v) is 3.49. The summed E-state index contributed by atoms with van der Waals surface area (Å²) in [4.78, 5) is 0. The van der Waals surface area contributed by atoms with Crippen molar-refractivity contribution in [3.05, 3.63) is 60.7 Å². The molecule has 0 aromatic heterocycles. The summed E-state index contributed by atoms with van der Waals surface area (Å²) >= 11 is 0. The molecule has 0 heterocycles. The number of benzene rings is 2. The van der Waals surface area contributed by atoms with Crippen molar-refractivity contribution in [1.29, 1.82) is 0 Å². The van der Waals surface area contributed by atoms with Crippen LogP contribution in [0.3, 0.4) is 0 Å². The van der Waals surface area contributed by atoms with Gasteiger partial charge in [0, 0.05) is 0 Å². The molecule has 1 nitrogen and oxygen atoms in total. The Balaban J connectivity index is 2.01. The first kappa shape index (κ1) is 16.3. The van der Waals surface area contributed by atoms with Crippen molar-refractivity contribution in [3.63, 3.8) is 0 Å². The van der Waals surface area contributed by atoms with Gasteiger partial charge in [0.15, 0.2) is 0 Å². The Labute approximate surface area is 132 Å². The first-order valence-corrected chi connectivity index (χ1v) is 7.77. The number of rotatable bonds is 8. The molecule has 0 spiro atoms. The minimum atomic E-state index is -0.702. The molecule has 2 heteroatoms. The monoisotopic (exact) mass is 298 g/mol. The lowest BCUT2D eigenvalue weighted by atomic mass is 10.1. The van der Waals surface area contributed by atoms with Crippen LogP contribution in [0, 0.1) is 0 Å². The zero-order valence-corrected chi connectivity index (χ0v) is 13.1. The van der Waals surface area contributed by atoms with Crippen LogP contribution in [0.5, 0.6) is 5.75 Å². The van der Waals surface area contributed by atoms with Gasteiger partial charge in [0.25, 0.3) is 0 Å². The smallest absolute Gasteiger partial charge is 0.120 e. The highest BCUT2D eigenvalue weighted by Crippen LogP contribution is 2.22. The van der Waals surface area contributed by atoms with Gasteiger partial charge in [0.2, 0.25) is 0 Å². The lowest BCUT2D eigenvalue weighted by Crippen LogP contribution is -1.92. The minimum absolute atomic E-state index is 0.518. The quantitative estimate of drug-likeness (QED) is 0.432. The van der Waals surface area contributed by atoms with Crippen molar-refractivity contribution in [2.45, 2.75) is 32.4 Å². The van der Waals surface area contributed by atoms with Crippen LogP contribution in [0.25, 0.3) is 16.8 Å². The maximum atomic E-state index is 12.7. The summed E-state index contributed by atoms with van der Waals surface area (Å²) in [6.45, 7) is 5.78. The van der Waals surface area contributed by atoms with Crippen LogP contribution in [0.2, 0.25) is 0 Å². The van der Waals surface area contributed by atoms with Crippen molar-refractivity contribution in [3.8, 4) is 5.75 Å². The van der Waals surface area contributed by atoms with E-state index in [0.29, 0.717) is 13.0 Å². The van der Waals surface area contributed by atoms with Gasteiger partial charge in [-0.3, -0.25) is 0 Å². The molecular weight excluding hydrogens is 275 g/mol. The zero-order valence-electron chi connectivity index (χ0n) is 13.1. The summed E-state index contributed by atoms with van der Waals surface area (Å²) in [5, 5.41) is 2.34. The van der Waals surface area contributed by atoms with Crippen LogP contribution in [0.1, 0.15) is 31.7 Å². The number of halogens is 1. The van der Waals surface area contributed by atoms with Crippen LogP contribution >= 0.6 is 0 Å². The first-order valence-electron chi connectivity index (χ1n) is 7.77. The van der Waals surface area contributed by atoms with Crippen LogP contribution in [0.4, 0.5) is 4.39 Å². The molecule has 0 aliphatic rings. The summed E-state index contributed by atoms with van der Waals surface area (Å²) in [5.74, 6) is 0.857. The van der Waals surface area contributed by atoms with Crippen molar-refractivity contribution >= 4 is 16.8 Å². The Kier molecular flexibility index (Phi) is 6.20. The molecule has 0 radical (unpaired) electrons. The fourth-order valence-corrected chi connectivity index (χ4v) is 2.33. The van der Waals surface area contributed by atoms with E-state index >= 15 is 0 Å². The summed E-state index contributed by atoms with van der Waals surface area (Å²) in [5.41, 5.74) is 1.17. The molecule has 1 unspecified atom stereocenters. The van der Waals surface area contributed by atoms with Gasteiger partial charge in [-0.05, 0) is 60.7 Å². The van der Waals surface area contributed by atoms with Crippen LogP contribution in [0.15, 0.2) is 55.1 Å². The van der Waals surface area contributed by atoms with E-state index in [1.165, 1.54) is 10.9 Å². The van der Waals surface area contributed by atoms with E-state index < -0.39 is 6.17 Å². The summed E-state index contributed by atoms with van der Waals surface area (Å²) in [7, 11) is 0. The van der Waals surface area contributed by atoms with Gasteiger partial charge in [-0.2, -0.15) is 0 Å². The largest absolute Gasteiger partial charge is 0.490 e. The molecule has 0 bridgehead atoms. The van der Waals surface area contributed by atoms with E-state index in [-0.39, 0.29) is 0 Å². The third kappa shape index (κ3) is 5.03. The molecule has 1 atom stereocenters. The molecule has 2 aromatic rings. The molecule has 22 heavy (non-hydrogen) atoms. The molecule has 0 aliphatic heterocycles. The van der Waals surface area contributed by atoms with Gasteiger partial charge in [-0.25, -0.2) is 4.39 Å². The second kappa shape index (κ2) is 8.38. The SMILES string of the molecule is C=CCOc1ccc2cc(C=CCCCC(C)F)ccc2c1. The maximum Gasteiger partial charge on any atom is 0.120 e. The van der Waals surface area contributed by atoms with Gasteiger partial charge in [0.1, 0.15) is 12.4 Å². The van der Waals surface area contributed by atoms with Gasteiger partial charge < -0.3 is 4.74 Å². The molecule has 0 saturated heterocycles. The fourth-order valence-electron chi connectivity index (χ4n) is 2.33. The van der Waals surface area contributed by atoms with Crippen LogP contribution in [-0.4, -0.2) is 12.8 Å². The lowest BCUT2D eigenvalue weighted by Gasteiger charge is -2.05. The standard InChI is InChI=1S/C20H23FO/c1-3-13-22-20-12-11-18-14-17(9-10-19(18)15-20)8-6-4-5-7-16(2)21/h3,6,8-12,14-16H,1,4-5,7,13H2,2H3. The third-order valence-electron chi connectivity index (χ3n) is 3.49. The van der Waals surface area contributed by atoms with E-state index in [4.69, 9.17) is 4.74 Å². The number of hydrogen-bond acceptors (Lipinski definition) is 1. The zero-order chi connectivity index (χ0) is 15.8. The molecule has 2 aromatic carbocycles. The van der Waals surface area contributed by atoms with E-state index in [9.17, 15) is 4.39 Å². The molecule has 0 saturated carbocycles. The predicted octanol–water partition coefficient (Wildman–Crippen LogP) is 5.95. The fraction of sp³-hybridized carbons (Fsp3) is 0.300. The number of allylic oxidation sites excluding steroid dienone is 1. The van der Waals surface area contributed by atoms with Crippen molar-refractivity contribution < 1.29 is 9.13 Å². The number of fused-ring (bicyclic) bond motifs is 1. The Hall–Kier alpha value is -2.09. The van der Waals surface area contributed by atoms with Crippen LogP contribution < -0.4 is 4.74 Å². The highest BCUT2D eigenvalue weighted by molar-refractivity contribution is 5.86. The van der Waals surface area contributed by atoms with E-state index in [2.05, 4.69) is 43.0 Å². The van der Waals surface area contributed by atoms with E-state index in [0.717, 1.165) is 24.0 Å². The molecule has 0 aliphatic carbocycles. The Morgan fingerprint density at radius 1 is 1.18 bits per heavy atom. The normalized spacial score (nSPS) is 12.6. The molecule has 0 amide bonds. The second-order valence-corrected chi connectivity index (χ2v) is 5.48. The van der Waals surface area contributed by atoms with E-state index in [1.807, 2.05) is 12.1 Å². The average molecular weight is 298 g/mol. The van der Waals surface area contributed by atoms with Crippen molar-refractivity contribution in [2.24, 2.45) is 0 Å². The summed E-state index contributed by atoms with van der Waals surface area (Å²) < 4.78 is 18.2. The van der Waals surface area contributed by atoms with E-state index in [1.54, 1.807) is 13.0 Å². The van der Waals surface area contributed by atoms with Gasteiger partial charge in [0.05, 0.1) is 6.17 Å². The number of hydrogen-bond donors (Lipinski definition) is 0. The highest BCUT2D eigenvalue weighted by Gasteiger charge is 1.98.